The highest BCUT2D eigenvalue weighted by atomic mass is 79.9. The smallest absolute Gasteiger partial charge is 0.349 e. The number of aromatic nitrogens is 2. The maximum atomic E-state index is 12.6. The zero-order valence-corrected chi connectivity index (χ0v) is 18.5. The molecule has 1 N–H and O–H groups in total. The summed E-state index contributed by atoms with van der Waals surface area (Å²) in [5.41, 5.74) is -0.222. The molecule has 0 bridgehead atoms. The van der Waals surface area contributed by atoms with E-state index in [0.29, 0.717) is 39.0 Å². The van der Waals surface area contributed by atoms with E-state index >= 15 is 0 Å². The summed E-state index contributed by atoms with van der Waals surface area (Å²) < 4.78 is 17.3. The number of nitrogens with one attached hydrogen (secondary N) is 1. The van der Waals surface area contributed by atoms with Gasteiger partial charge in [-0.05, 0) is 54.0 Å². The van der Waals surface area contributed by atoms with Gasteiger partial charge in [0.2, 0.25) is 0 Å². The number of esters is 1. The predicted octanol–water partition coefficient (Wildman–Crippen LogP) is 2.68. The van der Waals surface area contributed by atoms with Crippen molar-refractivity contribution in [3.8, 4) is 11.5 Å². The molecular formula is C21H20BrN3O6. The van der Waals surface area contributed by atoms with Gasteiger partial charge in [-0.25, -0.2) is 9.59 Å². The van der Waals surface area contributed by atoms with Crippen molar-refractivity contribution in [2.24, 2.45) is 5.10 Å². The highest BCUT2D eigenvalue weighted by Gasteiger charge is 2.13. The van der Waals surface area contributed by atoms with E-state index in [0.717, 1.165) is 4.68 Å². The Kier molecular flexibility index (Phi) is 7.24. The summed E-state index contributed by atoms with van der Waals surface area (Å²) in [6.45, 7) is 3.86. The fourth-order valence-electron chi connectivity index (χ4n) is 2.75. The molecule has 0 aliphatic heterocycles. The largest absolute Gasteiger partial charge is 0.490 e. The van der Waals surface area contributed by atoms with E-state index in [2.05, 4.69) is 26.0 Å². The van der Waals surface area contributed by atoms with Crippen molar-refractivity contribution in [1.29, 1.82) is 0 Å². The van der Waals surface area contributed by atoms with Crippen LogP contribution < -0.4 is 20.7 Å². The van der Waals surface area contributed by atoms with E-state index in [1.807, 2.05) is 0 Å². The molecule has 0 fully saturated rings. The zero-order valence-electron chi connectivity index (χ0n) is 16.9. The molecule has 0 atom stereocenters. The topological polar surface area (TPSA) is 112 Å². The summed E-state index contributed by atoms with van der Waals surface area (Å²) in [6.07, 6.45) is 1.35. The van der Waals surface area contributed by atoms with Crippen molar-refractivity contribution < 1.29 is 19.0 Å². The minimum Gasteiger partial charge on any atom is -0.490 e. The second-order valence-corrected chi connectivity index (χ2v) is 7.04. The van der Waals surface area contributed by atoms with Crippen molar-refractivity contribution >= 4 is 39.0 Å². The minimum absolute atomic E-state index is 0.257. The quantitative estimate of drug-likeness (QED) is 0.384. The van der Waals surface area contributed by atoms with Gasteiger partial charge in [0, 0.05) is 10.0 Å². The number of ether oxygens (including phenoxy) is 3. The van der Waals surface area contributed by atoms with Gasteiger partial charge >= 0.3 is 11.7 Å². The van der Waals surface area contributed by atoms with E-state index in [4.69, 9.17) is 14.2 Å². The Balaban J connectivity index is 1.94. The van der Waals surface area contributed by atoms with Crippen molar-refractivity contribution in [3.63, 3.8) is 0 Å². The number of para-hydroxylation sites is 1. The number of nitrogens with zero attached hydrogens (tertiary/aromatic N) is 2. The second kappa shape index (κ2) is 10.1. The van der Waals surface area contributed by atoms with Crippen molar-refractivity contribution in [3.05, 3.63) is 67.3 Å². The Morgan fingerprint density at radius 1 is 1.13 bits per heavy atom. The van der Waals surface area contributed by atoms with Crippen LogP contribution in [0.25, 0.3) is 10.9 Å². The number of carbonyl (C=O) groups is 1. The summed E-state index contributed by atoms with van der Waals surface area (Å²) in [5.74, 6) is 0.206. The summed E-state index contributed by atoms with van der Waals surface area (Å²) >= 11 is 3.40. The molecule has 2 aromatic carbocycles. The first-order valence-corrected chi connectivity index (χ1v) is 10.3. The third-order valence-corrected chi connectivity index (χ3v) is 4.80. The van der Waals surface area contributed by atoms with Crippen molar-refractivity contribution in [2.75, 3.05) is 19.8 Å². The fraction of sp³-hybridized carbons (Fsp3) is 0.238. The van der Waals surface area contributed by atoms with Gasteiger partial charge in [-0.15, -0.1) is 4.68 Å². The van der Waals surface area contributed by atoms with Crippen LogP contribution in [0.4, 0.5) is 0 Å². The number of rotatable bonds is 8. The number of halogens is 1. The number of carbonyl (C=O) groups excluding carboxylic acids is 1. The molecule has 1 aromatic heterocycles. The zero-order chi connectivity index (χ0) is 22.4. The average molecular weight is 490 g/mol. The molecule has 0 aliphatic carbocycles. The standard InChI is InChI=1S/C21H20BrN3O6/c1-3-29-17-9-13(15(22)10-18(17)31-12-19(26)30-4-2)11-23-25-20(27)14-7-5-6-8-16(14)24-21(25)28/h5-11H,3-4,12H2,1-2H3,(H,24,28). The fourth-order valence-corrected chi connectivity index (χ4v) is 3.17. The number of hydrogen-bond donors (Lipinski definition) is 1. The molecule has 0 radical (unpaired) electrons. The molecule has 0 aliphatic rings. The van der Waals surface area contributed by atoms with Crippen LogP contribution in [0.5, 0.6) is 11.5 Å². The molecule has 3 rings (SSSR count). The molecule has 0 saturated heterocycles. The molecule has 31 heavy (non-hydrogen) atoms. The van der Waals surface area contributed by atoms with Crippen molar-refractivity contribution in [1.82, 2.24) is 9.66 Å². The highest BCUT2D eigenvalue weighted by Crippen LogP contribution is 2.33. The molecule has 0 unspecified atom stereocenters. The molecule has 162 valence electrons. The Hall–Kier alpha value is -3.40. The third kappa shape index (κ3) is 5.21. The van der Waals surface area contributed by atoms with Gasteiger partial charge in [0.15, 0.2) is 18.1 Å². The van der Waals surface area contributed by atoms with Crippen LogP contribution in [0.15, 0.2) is 55.6 Å². The van der Waals surface area contributed by atoms with E-state index in [1.54, 1.807) is 50.2 Å². The number of benzene rings is 2. The Morgan fingerprint density at radius 2 is 1.87 bits per heavy atom. The third-order valence-electron chi connectivity index (χ3n) is 4.11. The number of hydrogen-bond acceptors (Lipinski definition) is 7. The lowest BCUT2D eigenvalue weighted by atomic mass is 10.2. The van der Waals surface area contributed by atoms with E-state index in [-0.39, 0.29) is 13.2 Å². The first-order chi connectivity index (χ1) is 14.9. The highest BCUT2D eigenvalue weighted by molar-refractivity contribution is 9.10. The maximum absolute atomic E-state index is 12.6. The summed E-state index contributed by atoms with van der Waals surface area (Å²) in [7, 11) is 0. The van der Waals surface area contributed by atoms with Crippen LogP contribution in [0.3, 0.4) is 0 Å². The van der Waals surface area contributed by atoms with Gasteiger partial charge in [-0.1, -0.05) is 12.1 Å². The van der Waals surface area contributed by atoms with Crippen LogP contribution in [-0.2, 0) is 9.53 Å². The van der Waals surface area contributed by atoms with Gasteiger partial charge < -0.3 is 19.2 Å². The normalized spacial score (nSPS) is 11.1. The van der Waals surface area contributed by atoms with Gasteiger partial charge in [0.25, 0.3) is 5.56 Å². The van der Waals surface area contributed by atoms with Crippen LogP contribution in [0.2, 0.25) is 0 Å². The average Bonchev–Trinajstić information content (AvgIpc) is 2.74. The Labute approximate surface area is 185 Å². The van der Waals surface area contributed by atoms with Crippen LogP contribution >= 0.6 is 15.9 Å². The lowest BCUT2D eigenvalue weighted by Gasteiger charge is -2.13. The number of H-pyrrole nitrogens is 1. The molecular weight excluding hydrogens is 470 g/mol. The van der Waals surface area contributed by atoms with Crippen LogP contribution in [0, 0.1) is 0 Å². The summed E-state index contributed by atoms with van der Waals surface area (Å²) in [6, 6.07) is 9.92. The van der Waals surface area contributed by atoms with E-state index in [1.165, 1.54) is 6.21 Å². The second-order valence-electron chi connectivity index (χ2n) is 6.18. The molecule has 0 amide bonds. The minimum atomic E-state index is -0.657. The molecule has 0 spiro atoms. The monoisotopic (exact) mass is 489 g/mol. The van der Waals surface area contributed by atoms with Crippen LogP contribution in [-0.4, -0.2) is 41.7 Å². The van der Waals surface area contributed by atoms with Gasteiger partial charge in [-0.2, -0.15) is 5.10 Å². The summed E-state index contributed by atoms with van der Waals surface area (Å²) in [4.78, 5) is 39.1. The van der Waals surface area contributed by atoms with Gasteiger partial charge in [-0.3, -0.25) is 4.79 Å². The first-order valence-electron chi connectivity index (χ1n) is 9.47. The van der Waals surface area contributed by atoms with E-state index in [9.17, 15) is 14.4 Å². The summed E-state index contributed by atoms with van der Waals surface area (Å²) in [5, 5.41) is 4.39. The Morgan fingerprint density at radius 3 is 2.61 bits per heavy atom. The molecule has 10 heteroatoms. The number of aromatic amines is 1. The Bertz CT molecular complexity index is 1250. The SMILES string of the molecule is CCOC(=O)COc1cc(Br)c(C=Nn2c(=O)[nH]c3ccccc3c2=O)cc1OCC. The lowest BCUT2D eigenvalue weighted by Crippen LogP contribution is -2.32. The lowest BCUT2D eigenvalue weighted by molar-refractivity contribution is -0.145. The maximum Gasteiger partial charge on any atom is 0.349 e. The van der Waals surface area contributed by atoms with Gasteiger partial charge in [0.05, 0.1) is 30.3 Å². The number of fused-ring (bicyclic) bond motifs is 1. The first kappa shape index (κ1) is 22.3. The van der Waals surface area contributed by atoms with Gasteiger partial charge in [0.1, 0.15) is 0 Å². The molecule has 0 saturated carbocycles. The van der Waals surface area contributed by atoms with Crippen molar-refractivity contribution in [2.45, 2.75) is 13.8 Å². The van der Waals surface area contributed by atoms with E-state index < -0.39 is 17.2 Å². The molecule has 1 heterocycles. The molecule has 3 aromatic rings. The predicted molar refractivity (Wildman–Crippen MR) is 119 cm³/mol. The molecule has 9 nitrogen and oxygen atoms in total. The van der Waals surface area contributed by atoms with Crippen LogP contribution in [0.1, 0.15) is 19.4 Å².